The molecule has 0 spiro atoms. The van der Waals surface area contributed by atoms with Crippen LogP contribution in [0.15, 0.2) is 53.6 Å². The number of anilines is 1. The first-order valence-corrected chi connectivity index (χ1v) is 8.87. The lowest BCUT2D eigenvalue weighted by Gasteiger charge is -2.08. The van der Waals surface area contributed by atoms with Crippen LogP contribution < -0.4 is 5.32 Å². The smallest absolute Gasteiger partial charge is 0.236 e. The third-order valence-electron chi connectivity index (χ3n) is 4.36. The third kappa shape index (κ3) is 3.56. The molecule has 8 heteroatoms. The highest BCUT2D eigenvalue weighted by atomic mass is 16.3. The van der Waals surface area contributed by atoms with Gasteiger partial charge in [0.1, 0.15) is 6.07 Å². The molecule has 3 heterocycles. The first-order valence-electron chi connectivity index (χ1n) is 8.87. The normalized spacial score (nSPS) is 10.9. The SMILES string of the molecule is N#Cc1nc(NCc2cccc(-c3ccoc3)c2)c2ncn(CCCO)c2n1. The molecule has 8 nitrogen and oxygen atoms in total. The monoisotopic (exact) mass is 374 g/mol. The zero-order chi connectivity index (χ0) is 19.3. The number of nitrogens with zero attached hydrogens (tertiary/aromatic N) is 5. The van der Waals surface area contributed by atoms with Crippen molar-refractivity contribution < 1.29 is 9.52 Å². The van der Waals surface area contributed by atoms with Crippen molar-refractivity contribution in [2.45, 2.75) is 19.5 Å². The van der Waals surface area contributed by atoms with Gasteiger partial charge in [0.15, 0.2) is 17.0 Å². The van der Waals surface area contributed by atoms with E-state index in [9.17, 15) is 5.26 Å². The van der Waals surface area contributed by atoms with E-state index >= 15 is 0 Å². The molecule has 0 saturated heterocycles. The molecule has 0 aliphatic rings. The van der Waals surface area contributed by atoms with E-state index < -0.39 is 0 Å². The molecule has 4 rings (SSSR count). The Morgan fingerprint density at radius 1 is 1.21 bits per heavy atom. The molecular weight excluding hydrogens is 356 g/mol. The third-order valence-corrected chi connectivity index (χ3v) is 4.36. The molecule has 3 aromatic heterocycles. The van der Waals surface area contributed by atoms with Crippen molar-refractivity contribution in [2.75, 3.05) is 11.9 Å². The number of nitriles is 1. The van der Waals surface area contributed by atoms with E-state index in [0.29, 0.717) is 36.5 Å². The van der Waals surface area contributed by atoms with Crippen LogP contribution in [0.25, 0.3) is 22.3 Å². The van der Waals surface area contributed by atoms with E-state index in [1.165, 1.54) is 0 Å². The molecule has 2 N–H and O–H groups in total. The van der Waals surface area contributed by atoms with Crippen molar-refractivity contribution in [2.24, 2.45) is 0 Å². The highest BCUT2D eigenvalue weighted by Gasteiger charge is 2.13. The number of aliphatic hydroxyl groups excluding tert-OH is 1. The van der Waals surface area contributed by atoms with Crippen molar-refractivity contribution in [1.29, 1.82) is 5.26 Å². The molecule has 0 unspecified atom stereocenters. The van der Waals surface area contributed by atoms with Gasteiger partial charge in [-0.2, -0.15) is 15.2 Å². The van der Waals surface area contributed by atoms with Gasteiger partial charge in [0.05, 0.1) is 18.9 Å². The van der Waals surface area contributed by atoms with Crippen molar-refractivity contribution in [3.05, 3.63) is 60.6 Å². The lowest BCUT2D eigenvalue weighted by molar-refractivity contribution is 0.280. The minimum Gasteiger partial charge on any atom is -0.472 e. The number of furan rings is 1. The zero-order valence-corrected chi connectivity index (χ0v) is 15.0. The predicted molar refractivity (Wildman–Crippen MR) is 103 cm³/mol. The van der Waals surface area contributed by atoms with Gasteiger partial charge in [0, 0.05) is 25.3 Å². The van der Waals surface area contributed by atoms with E-state index in [-0.39, 0.29) is 12.4 Å². The summed E-state index contributed by atoms with van der Waals surface area (Å²) in [7, 11) is 0. The molecule has 0 bridgehead atoms. The predicted octanol–water partition coefficient (Wildman–Crippen LogP) is 2.95. The van der Waals surface area contributed by atoms with Gasteiger partial charge in [-0.3, -0.25) is 0 Å². The summed E-state index contributed by atoms with van der Waals surface area (Å²) in [6.45, 7) is 1.17. The number of fused-ring (bicyclic) bond motifs is 1. The maximum atomic E-state index is 9.27. The van der Waals surface area contributed by atoms with Crippen LogP contribution in [0.4, 0.5) is 5.82 Å². The van der Waals surface area contributed by atoms with E-state index in [4.69, 9.17) is 9.52 Å². The molecule has 0 fully saturated rings. The Labute approximate surface area is 161 Å². The molecule has 0 amide bonds. The summed E-state index contributed by atoms with van der Waals surface area (Å²) in [5.74, 6) is 0.589. The molecule has 0 atom stereocenters. The van der Waals surface area contributed by atoms with E-state index in [1.54, 1.807) is 18.9 Å². The number of hydrogen-bond donors (Lipinski definition) is 2. The Balaban J connectivity index is 1.60. The fourth-order valence-electron chi connectivity index (χ4n) is 3.00. The first-order chi connectivity index (χ1) is 13.8. The Bertz CT molecular complexity index is 1130. The highest BCUT2D eigenvalue weighted by Crippen LogP contribution is 2.23. The summed E-state index contributed by atoms with van der Waals surface area (Å²) in [5, 5.41) is 21.6. The quantitative estimate of drug-likeness (QED) is 0.511. The minimum atomic E-state index is 0.0768. The fourth-order valence-corrected chi connectivity index (χ4v) is 3.00. The molecule has 28 heavy (non-hydrogen) atoms. The second kappa shape index (κ2) is 7.90. The molecule has 1 aromatic carbocycles. The first kappa shape index (κ1) is 17.7. The number of rotatable bonds is 7. The summed E-state index contributed by atoms with van der Waals surface area (Å²) in [6.07, 6.45) is 5.59. The van der Waals surface area contributed by atoms with E-state index in [2.05, 4.69) is 26.3 Å². The van der Waals surface area contributed by atoms with E-state index in [1.807, 2.05) is 34.9 Å². The summed E-state index contributed by atoms with van der Waals surface area (Å²) in [4.78, 5) is 12.9. The Hall–Kier alpha value is -3.70. The van der Waals surface area contributed by atoms with Crippen LogP contribution in [0.1, 0.15) is 17.8 Å². The maximum absolute atomic E-state index is 9.27. The zero-order valence-electron chi connectivity index (χ0n) is 15.0. The van der Waals surface area contributed by atoms with Gasteiger partial charge in [-0.25, -0.2) is 4.98 Å². The largest absolute Gasteiger partial charge is 0.472 e. The fraction of sp³-hybridized carbons (Fsp3) is 0.200. The number of imidazole rings is 1. The molecule has 0 radical (unpaired) electrons. The minimum absolute atomic E-state index is 0.0768. The summed E-state index contributed by atoms with van der Waals surface area (Å²) in [6, 6.07) is 12.0. The van der Waals surface area contributed by atoms with Crippen LogP contribution >= 0.6 is 0 Å². The van der Waals surface area contributed by atoms with Gasteiger partial charge < -0.3 is 19.4 Å². The van der Waals surface area contributed by atoms with Gasteiger partial charge >= 0.3 is 0 Å². The number of aliphatic hydroxyl groups is 1. The van der Waals surface area contributed by atoms with Crippen LogP contribution in [-0.2, 0) is 13.1 Å². The second-order valence-corrected chi connectivity index (χ2v) is 6.26. The molecular formula is C20H18N6O2. The number of benzene rings is 1. The van der Waals surface area contributed by atoms with Gasteiger partial charge in [0.25, 0.3) is 0 Å². The Kier molecular flexibility index (Phi) is 4.99. The Morgan fingerprint density at radius 2 is 2.14 bits per heavy atom. The van der Waals surface area contributed by atoms with Crippen LogP contribution in [0, 0.1) is 11.3 Å². The van der Waals surface area contributed by atoms with Gasteiger partial charge in [0.2, 0.25) is 5.82 Å². The lowest BCUT2D eigenvalue weighted by Crippen LogP contribution is -2.06. The van der Waals surface area contributed by atoms with Gasteiger partial charge in [-0.15, -0.1) is 0 Å². The van der Waals surface area contributed by atoms with Crippen molar-refractivity contribution in [1.82, 2.24) is 19.5 Å². The van der Waals surface area contributed by atoms with Crippen molar-refractivity contribution >= 4 is 17.0 Å². The topological polar surface area (TPSA) is 113 Å². The van der Waals surface area contributed by atoms with Crippen LogP contribution in [-0.4, -0.2) is 31.2 Å². The van der Waals surface area contributed by atoms with Crippen molar-refractivity contribution in [3.8, 4) is 17.2 Å². The van der Waals surface area contributed by atoms with E-state index in [0.717, 1.165) is 16.7 Å². The average Bonchev–Trinajstić information content (AvgIpc) is 3.41. The number of aromatic nitrogens is 4. The molecule has 140 valence electrons. The number of hydrogen-bond acceptors (Lipinski definition) is 7. The highest BCUT2D eigenvalue weighted by molar-refractivity contribution is 5.83. The molecule has 0 aliphatic carbocycles. The second-order valence-electron chi connectivity index (χ2n) is 6.26. The summed E-state index contributed by atoms with van der Waals surface area (Å²) < 4.78 is 6.97. The summed E-state index contributed by atoms with van der Waals surface area (Å²) in [5.41, 5.74) is 4.31. The summed E-state index contributed by atoms with van der Waals surface area (Å²) >= 11 is 0. The van der Waals surface area contributed by atoms with Crippen LogP contribution in [0.5, 0.6) is 0 Å². The van der Waals surface area contributed by atoms with Crippen LogP contribution in [0.3, 0.4) is 0 Å². The van der Waals surface area contributed by atoms with Crippen LogP contribution in [0.2, 0.25) is 0 Å². The number of aryl methyl sites for hydroxylation is 1. The van der Waals surface area contributed by atoms with Gasteiger partial charge in [-0.1, -0.05) is 18.2 Å². The lowest BCUT2D eigenvalue weighted by atomic mass is 10.1. The average molecular weight is 374 g/mol. The Morgan fingerprint density at radius 3 is 2.93 bits per heavy atom. The van der Waals surface area contributed by atoms with Gasteiger partial charge in [-0.05, 0) is 29.7 Å². The standard InChI is InChI=1S/C20H18N6O2/c21-10-17-24-19(18-20(25-17)26(13-23-18)6-2-7-27)22-11-14-3-1-4-15(9-14)16-5-8-28-12-16/h1,3-5,8-9,12-13,27H,2,6-7,11H2,(H,22,24,25). The molecule has 0 aliphatic heterocycles. The van der Waals surface area contributed by atoms with Crippen molar-refractivity contribution in [3.63, 3.8) is 0 Å². The number of nitrogens with one attached hydrogen (secondary N) is 1. The maximum Gasteiger partial charge on any atom is 0.236 e. The molecule has 4 aromatic rings. The molecule has 0 saturated carbocycles.